The average molecular weight is 285 g/mol. The second-order valence-corrected chi connectivity index (χ2v) is 4.19. The molecule has 1 aromatic carbocycles. The Kier molecular flexibility index (Phi) is 3.19. The van der Waals surface area contributed by atoms with Crippen LogP contribution in [0.1, 0.15) is 5.69 Å². The highest BCUT2D eigenvalue weighted by molar-refractivity contribution is 9.10. The fraction of sp³-hybridized carbons (Fsp3) is 0.200. The summed E-state index contributed by atoms with van der Waals surface area (Å²) in [6, 6.07) is 4.79. The van der Waals surface area contributed by atoms with Crippen LogP contribution in [0, 0.1) is 5.82 Å². The van der Waals surface area contributed by atoms with Crippen molar-refractivity contribution in [2.24, 2.45) is 7.05 Å². The summed E-state index contributed by atoms with van der Waals surface area (Å²) in [4.78, 5) is 0. The van der Waals surface area contributed by atoms with E-state index in [1.165, 1.54) is 6.07 Å². The highest BCUT2D eigenvalue weighted by Gasteiger charge is 2.02. The first-order valence-electron chi connectivity index (χ1n) is 4.69. The number of aromatic nitrogens is 3. The summed E-state index contributed by atoms with van der Waals surface area (Å²) < 4.78 is 15.1. The molecule has 1 aromatic heterocycles. The molecule has 1 N–H and O–H groups in total. The van der Waals surface area contributed by atoms with E-state index in [1.807, 2.05) is 7.05 Å². The van der Waals surface area contributed by atoms with E-state index in [0.717, 1.165) is 11.4 Å². The molecule has 0 aliphatic carbocycles. The maximum absolute atomic E-state index is 13.0. The van der Waals surface area contributed by atoms with Gasteiger partial charge in [0.25, 0.3) is 0 Å². The molecule has 0 radical (unpaired) electrons. The number of rotatable bonds is 3. The van der Waals surface area contributed by atoms with E-state index in [9.17, 15) is 4.39 Å². The van der Waals surface area contributed by atoms with Crippen molar-refractivity contribution in [2.75, 3.05) is 5.32 Å². The van der Waals surface area contributed by atoms with Gasteiger partial charge in [-0.05, 0) is 34.1 Å². The van der Waals surface area contributed by atoms with Crippen molar-refractivity contribution < 1.29 is 4.39 Å². The Morgan fingerprint density at radius 3 is 2.94 bits per heavy atom. The van der Waals surface area contributed by atoms with Crippen LogP contribution in [0.3, 0.4) is 0 Å². The van der Waals surface area contributed by atoms with Gasteiger partial charge in [0.2, 0.25) is 0 Å². The molecule has 2 aromatic rings. The van der Waals surface area contributed by atoms with Gasteiger partial charge in [0, 0.05) is 12.7 Å². The van der Waals surface area contributed by atoms with Gasteiger partial charge in [-0.1, -0.05) is 5.21 Å². The molecule has 0 amide bonds. The molecule has 1 heterocycles. The highest BCUT2D eigenvalue weighted by atomic mass is 79.9. The van der Waals surface area contributed by atoms with E-state index in [0.29, 0.717) is 11.0 Å². The van der Waals surface area contributed by atoms with Crippen LogP contribution in [-0.2, 0) is 13.6 Å². The SMILES string of the molecule is Cn1nncc1CNc1ccc(F)c(Br)c1. The number of halogens is 2. The van der Waals surface area contributed by atoms with Gasteiger partial charge in [-0.25, -0.2) is 4.39 Å². The highest BCUT2D eigenvalue weighted by Crippen LogP contribution is 2.20. The number of hydrogen-bond acceptors (Lipinski definition) is 3. The molecule has 6 heteroatoms. The van der Waals surface area contributed by atoms with Crippen molar-refractivity contribution in [3.8, 4) is 0 Å². The predicted octanol–water partition coefficient (Wildman–Crippen LogP) is 2.33. The number of anilines is 1. The molecular formula is C10H10BrFN4. The zero-order chi connectivity index (χ0) is 11.5. The van der Waals surface area contributed by atoms with Crippen molar-refractivity contribution in [1.82, 2.24) is 15.0 Å². The van der Waals surface area contributed by atoms with Crippen molar-refractivity contribution in [2.45, 2.75) is 6.54 Å². The molecule has 0 fully saturated rings. The lowest BCUT2D eigenvalue weighted by molar-refractivity contribution is 0.621. The summed E-state index contributed by atoms with van der Waals surface area (Å²) in [5.74, 6) is -0.271. The van der Waals surface area contributed by atoms with Gasteiger partial charge in [-0.2, -0.15) is 0 Å². The van der Waals surface area contributed by atoms with E-state index in [-0.39, 0.29) is 5.82 Å². The van der Waals surface area contributed by atoms with Crippen molar-refractivity contribution in [3.05, 3.63) is 40.4 Å². The molecule has 0 unspecified atom stereocenters. The Bertz CT molecular complexity index is 497. The average Bonchev–Trinajstić information content (AvgIpc) is 2.66. The van der Waals surface area contributed by atoms with Crippen LogP contribution in [0.2, 0.25) is 0 Å². The Morgan fingerprint density at radius 2 is 2.31 bits per heavy atom. The molecule has 0 bridgehead atoms. The van der Waals surface area contributed by atoms with Crippen molar-refractivity contribution in [3.63, 3.8) is 0 Å². The minimum Gasteiger partial charge on any atom is -0.379 e. The first-order valence-corrected chi connectivity index (χ1v) is 5.48. The molecule has 0 saturated carbocycles. The smallest absolute Gasteiger partial charge is 0.137 e. The summed E-state index contributed by atoms with van der Waals surface area (Å²) in [5.41, 5.74) is 1.80. The summed E-state index contributed by atoms with van der Waals surface area (Å²) in [6.07, 6.45) is 1.69. The van der Waals surface area contributed by atoms with Gasteiger partial charge < -0.3 is 5.32 Å². The summed E-state index contributed by atoms with van der Waals surface area (Å²) in [7, 11) is 1.82. The lowest BCUT2D eigenvalue weighted by Crippen LogP contribution is -2.05. The van der Waals surface area contributed by atoms with Gasteiger partial charge in [-0.3, -0.25) is 4.68 Å². The molecule has 0 aliphatic heterocycles. The second kappa shape index (κ2) is 4.61. The van der Waals surface area contributed by atoms with Crippen molar-refractivity contribution in [1.29, 1.82) is 0 Å². The summed E-state index contributed by atoms with van der Waals surface area (Å²) in [6.45, 7) is 0.599. The lowest BCUT2D eigenvalue weighted by Gasteiger charge is -2.06. The number of nitrogens with zero attached hydrogens (tertiary/aromatic N) is 3. The Hall–Kier alpha value is -1.43. The number of aryl methyl sites for hydroxylation is 1. The minimum absolute atomic E-state index is 0.271. The van der Waals surface area contributed by atoms with Gasteiger partial charge in [0.05, 0.1) is 22.9 Å². The molecule has 16 heavy (non-hydrogen) atoms. The molecule has 0 saturated heterocycles. The first kappa shape index (κ1) is 11.1. The fourth-order valence-corrected chi connectivity index (χ4v) is 1.65. The topological polar surface area (TPSA) is 42.7 Å². The molecule has 0 aliphatic rings. The summed E-state index contributed by atoms with van der Waals surface area (Å²) >= 11 is 3.13. The first-order chi connectivity index (χ1) is 7.66. The van der Waals surface area contributed by atoms with Crippen LogP contribution >= 0.6 is 15.9 Å². The third kappa shape index (κ3) is 2.38. The van der Waals surface area contributed by atoms with E-state index in [1.54, 1.807) is 23.0 Å². The Labute approximate surface area is 101 Å². The third-order valence-corrected chi connectivity index (χ3v) is 2.81. The van der Waals surface area contributed by atoms with Gasteiger partial charge in [0.1, 0.15) is 5.82 Å². The lowest BCUT2D eigenvalue weighted by atomic mass is 10.3. The molecule has 2 rings (SSSR count). The number of hydrogen-bond donors (Lipinski definition) is 1. The largest absolute Gasteiger partial charge is 0.379 e. The van der Waals surface area contributed by atoms with Crippen LogP contribution in [0.4, 0.5) is 10.1 Å². The molecule has 84 valence electrons. The predicted molar refractivity (Wildman–Crippen MR) is 62.4 cm³/mol. The maximum Gasteiger partial charge on any atom is 0.137 e. The zero-order valence-electron chi connectivity index (χ0n) is 8.61. The maximum atomic E-state index is 13.0. The number of nitrogens with one attached hydrogen (secondary N) is 1. The van der Waals surface area contributed by atoms with E-state index in [2.05, 4.69) is 31.6 Å². The Morgan fingerprint density at radius 1 is 1.50 bits per heavy atom. The number of benzene rings is 1. The second-order valence-electron chi connectivity index (χ2n) is 3.33. The van der Waals surface area contributed by atoms with Crippen LogP contribution in [0.25, 0.3) is 0 Å². The Balaban J connectivity index is 2.05. The molecule has 0 spiro atoms. The molecular weight excluding hydrogens is 275 g/mol. The zero-order valence-corrected chi connectivity index (χ0v) is 10.2. The normalized spacial score (nSPS) is 10.4. The van der Waals surface area contributed by atoms with Crippen LogP contribution in [0.5, 0.6) is 0 Å². The minimum atomic E-state index is -0.271. The van der Waals surface area contributed by atoms with Crippen molar-refractivity contribution >= 4 is 21.6 Å². The van der Waals surface area contributed by atoms with Gasteiger partial charge in [0.15, 0.2) is 0 Å². The van der Waals surface area contributed by atoms with E-state index in [4.69, 9.17) is 0 Å². The summed E-state index contributed by atoms with van der Waals surface area (Å²) in [5, 5.41) is 10.7. The van der Waals surface area contributed by atoms with E-state index < -0.39 is 0 Å². The molecule has 0 atom stereocenters. The fourth-order valence-electron chi connectivity index (χ4n) is 1.27. The van der Waals surface area contributed by atoms with E-state index >= 15 is 0 Å². The van der Waals surface area contributed by atoms with Gasteiger partial charge >= 0.3 is 0 Å². The third-order valence-electron chi connectivity index (χ3n) is 2.20. The molecule has 4 nitrogen and oxygen atoms in total. The van der Waals surface area contributed by atoms with Crippen LogP contribution < -0.4 is 5.32 Å². The van der Waals surface area contributed by atoms with Crippen LogP contribution in [-0.4, -0.2) is 15.0 Å². The van der Waals surface area contributed by atoms with Gasteiger partial charge in [-0.15, -0.1) is 5.10 Å². The standard InChI is InChI=1S/C10H10BrFN4/c1-16-8(6-14-15-16)5-13-7-2-3-10(12)9(11)4-7/h2-4,6,13H,5H2,1H3. The van der Waals surface area contributed by atoms with Crippen LogP contribution in [0.15, 0.2) is 28.9 Å². The monoisotopic (exact) mass is 284 g/mol. The quantitative estimate of drug-likeness (QED) is 0.941.